The maximum atomic E-state index is 2.52. The fourth-order valence-corrected chi connectivity index (χ4v) is 14.7. The Morgan fingerprint density at radius 1 is 0.169 bits per heavy atom. The minimum atomic E-state index is -0.633. The molecule has 2 aliphatic rings. The molecule has 0 radical (unpaired) electrons. The van der Waals surface area contributed by atoms with Crippen molar-refractivity contribution in [3.05, 3.63) is 313 Å². The zero-order chi connectivity index (χ0) is 51.1. The van der Waals surface area contributed by atoms with E-state index in [9.17, 15) is 0 Å². The predicted molar refractivity (Wildman–Crippen MR) is 327 cm³/mol. The molecule has 0 saturated heterocycles. The summed E-state index contributed by atoms with van der Waals surface area (Å²) >= 11 is 7.20. The third kappa shape index (κ3) is 9.15. The summed E-state index contributed by atoms with van der Waals surface area (Å²) in [5.74, 6) is 0. The summed E-state index contributed by atoms with van der Waals surface area (Å²) in [6.45, 7) is 0. The molecule has 2 aliphatic carbocycles. The lowest BCUT2D eigenvalue weighted by Gasteiger charge is -2.32. The monoisotopic (exact) mass is 1050 g/mol. The summed E-state index contributed by atoms with van der Waals surface area (Å²) in [6.07, 6.45) is 0. The highest BCUT2D eigenvalue weighted by Crippen LogP contribution is 2.64. The quantitative estimate of drug-likeness (QED) is 0.120. The van der Waals surface area contributed by atoms with E-state index >= 15 is 0 Å². The van der Waals surface area contributed by atoms with E-state index in [0.29, 0.717) is 0 Å². The summed E-state index contributed by atoms with van der Waals surface area (Å²) in [5, 5.41) is 0. The molecule has 0 saturated carbocycles. The molecule has 0 unspecified atom stereocenters. The molecule has 0 aliphatic heterocycles. The second-order valence-corrected chi connectivity index (χ2v) is 24.1. The van der Waals surface area contributed by atoms with Gasteiger partial charge in [0, 0.05) is 39.2 Å². The molecule has 12 aromatic rings. The first-order chi connectivity index (χ1) is 38.1. The van der Waals surface area contributed by atoms with Gasteiger partial charge in [-0.2, -0.15) is 0 Å². The SMILES string of the molecule is c1ccc(Sc2ccc(-c3ccc4c(c3)C3(c5cc(-c6ccc(Sc7ccccc7)cc6)ccc5-4)c4cc(-c5ccc(Sc6ccccc6)cc5)ccc4-c4ccc(-c5ccc(Sc6ccccc6)cc5)cc43)cc2)cc1. The fraction of sp³-hybridized carbons (Fsp3) is 0.0137. The van der Waals surface area contributed by atoms with Crippen molar-refractivity contribution in [1.82, 2.24) is 0 Å². The molecule has 4 heteroatoms. The fourth-order valence-electron chi connectivity index (χ4n) is 11.3. The Balaban J connectivity index is 0.942. The van der Waals surface area contributed by atoms with E-state index in [4.69, 9.17) is 0 Å². The van der Waals surface area contributed by atoms with Crippen molar-refractivity contribution in [2.24, 2.45) is 0 Å². The highest BCUT2D eigenvalue weighted by Gasteiger charge is 2.52. The molecule has 14 rings (SSSR count). The molecule has 12 aromatic carbocycles. The number of fused-ring (bicyclic) bond motifs is 10. The van der Waals surface area contributed by atoms with Gasteiger partial charge < -0.3 is 0 Å². The third-order valence-corrected chi connectivity index (χ3v) is 19.0. The van der Waals surface area contributed by atoms with Crippen LogP contribution >= 0.6 is 47.0 Å². The van der Waals surface area contributed by atoms with E-state index in [-0.39, 0.29) is 0 Å². The maximum absolute atomic E-state index is 2.52. The Morgan fingerprint density at radius 3 is 0.558 bits per heavy atom. The standard InChI is InChI=1S/C73H48S4/c1-5-13-57(14-6-1)74-61-33-21-49(22-34-61)53-29-41-65-66-42-30-54(50-23-35-62(36-24-50)75-58-15-7-2-8-16-58)46-70(66)73(69(65)45-53)71-47-55(51-25-37-63(38-26-51)76-59-17-9-3-10-18-59)31-43-67(71)68-44-32-56(48-72(68)73)52-27-39-64(40-28-52)77-60-19-11-4-12-20-60/h1-48H. The lowest BCUT2D eigenvalue weighted by atomic mass is 9.69. The highest BCUT2D eigenvalue weighted by molar-refractivity contribution is 8.00. The minimum absolute atomic E-state index is 0.633. The van der Waals surface area contributed by atoms with Crippen molar-refractivity contribution >= 4 is 47.0 Å². The molecule has 0 fully saturated rings. The summed E-state index contributed by atoms with van der Waals surface area (Å²) in [6, 6.07) is 108. The minimum Gasteiger partial charge on any atom is -0.0901 e. The van der Waals surface area contributed by atoms with Crippen LogP contribution in [0.3, 0.4) is 0 Å². The van der Waals surface area contributed by atoms with Crippen LogP contribution in [0.2, 0.25) is 0 Å². The first kappa shape index (κ1) is 47.5. The van der Waals surface area contributed by atoms with E-state index < -0.39 is 5.41 Å². The first-order valence-corrected chi connectivity index (χ1v) is 29.3. The average molecular weight is 1050 g/mol. The number of rotatable bonds is 12. The van der Waals surface area contributed by atoms with Gasteiger partial charge in [-0.15, -0.1) is 0 Å². The largest absolute Gasteiger partial charge is 0.0901 e. The molecule has 0 N–H and O–H groups in total. The van der Waals surface area contributed by atoms with E-state index in [0.717, 1.165) is 0 Å². The van der Waals surface area contributed by atoms with Crippen LogP contribution < -0.4 is 0 Å². The van der Waals surface area contributed by atoms with Crippen LogP contribution in [0.25, 0.3) is 66.8 Å². The second-order valence-electron chi connectivity index (χ2n) is 19.5. The summed E-state index contributed by atoms with van der Waals surface area (Å²) in [5.41, 5.74) is 19.4. The van der Waals surface area contributed by atoms with Crippen molar-refractivity contribution in [2.75, 3.05) is 0 Å². The van der Waals surface area contributed by atoms with Crippen LogP contribution in [0.5, 0.6) is 0 Å². The molecule has 0 heterocycles. The molecule has 1 spiro atoms. The lowest BCUT2D eigenvalue weighted by Crippen LogP contribution is -2.26. The number of hydrogen-bond donors (Lipinski definition) is 0. The molecule has 0 amide bonds. The zero-order valence-electron chi connectivity index (χ0n) is 41.8. The predicted octanol–water partition coefficient (Wildman–Crippen LogP) is 21.3. The Labute approximate surface area is 468 Å². The van der Waals surface area contributed by atoms with Crippen LogP contribution in [0.1, 0.15) is 22.3 Å². The summed E-state index contributed by atoms with van der Waals surface area (Å²) < 4.78 is 0. The van der Waals surface area contributed by atoms with Crippen molar-refractivity contribution < 1.29 is 0 Å². The van der Waals surface area contributed by atoms with Gasteiger partial charge in [0.2, 0.25) is 0 Å². The van der Waals surface area contributed by atoms with Crippen molar-refractivity contribution in [2.45, 2.75) is 44.6 Å². The van der Waals surface area contributed by atoms with E-state index in [2.05, 4.69) is 291 Å². The van der Waals surface area contributed by atoms with Gasteiger partial charge in [-0.3, -0.25) is 0 Å². The first-order valence-electron chi connectivity index (χ1n) is 26.0. The Morgan fingerprint density at radius 2 is 0.351 bits per heavy atom. The van der Waals surface area contributed by atoms with Crippen LogP contribution in [0.4, 0.5) is 0 Å². The molecule has 0 bridgehead atoms. The molecule has 77 heavy (non-hydrogen) atoms. The summed E-state index contributed by atoms with van der Waals surface area (Å²) in [7, 11) is 0. The van der Waals surface area contributed by atoms with Crippen molar-refractivity contribution in [1.29, 1.82) is 0 Å². The van der Waals surface area contributed by atoms with Crippen LogP contribution in [-0.4, -0.2) is 0 Å². The molecule has 364 valence electrons. The third-order valence-electron chi connectivity index (χ3n) is 14.9. The van der Waals surface area contributed by atoms with E-state index in [1.807, 2.05) is 0 Å². The second kappa shape index (κ2) is 20.5. The van der Waals surface area contributed by atoms with Gasteiger partial charge in [-0.1, -0.05) is 217 Å². The lowest BCUT2D eigenvalue weighted by molar-refractivity contribution is 0.795. The van der Waals surface area contributed by atoms with Gasteiger partial charge in [-0.25, -0.2) is 0 Å². The molecule has 0 atom stereocenters. The number of hydrogen-bond acceptors (Lipinski definition) is 4. The molecule has 0 aromatic heterocycles. The highest BCUT2D eigenvalue weighted by atomic mass is 32.2. The average Bonchev–Trinajstić information content (AvgIpc) is 3.82. The smallest absolute Gasteiger partial charge is 0.0726 e. The maximum Gasteiger partial charge on any atom is 0.0726 e. The molecule has 0 nitrogen and oxygen atoms in total. The van der Waals surface area contributed by atoms with Crippen LogP contribution in [-0.2, 0) is 5.41 Å². The van der Waals surface area contributed by atoms with E-state index in [1.165, 1.54) is 128 Å². The summed E-state index contributed by atoms with van der Waals surface area (Å²) in [4.78, 5) is 9.84. The molecular weight excluding hydrogens is 1010 g/mol. The van der Waals surface area contributed by atoms with E-state index in [1.54, 1.807) is 47.0 Å². The number of benzene rings is 12. The molecular formula is C73H48S4. The Kier molecular flexibility index (Phi) is 12.7. The normalized spacial score (nSPS) is 12.5. The van der Waals surface area contributed by atoms with Crippen molar-refractivity contribution in [3.63, 3.8) is 0 Å². The van der Waals surface area contributed by atoms with Crippen molar-refractivity contribution in [3.8, 4) is 66.8 Å². The Bertz CT molecular complexity index is 3540. The zero-order valence-corrected chi connectivity index (χ0v) is 45.1. The van der Waals surface area contributed by atoms with Gasteiger partial charge in [0.15, 0.2) is 0 Å². The van der Waals surface area contributed by atoms with Crippen LogP contribution in [0, 0.1) is 0 Å². The topological polar surface area (TPSA) is 0 Å². The van der Waals surface area contributed by atoms with Gasteiger partial charge >= 0.3 is 0 Å². The van der Waals surface area contributed by atoms with Crippen LogP contribution in [0.15, 0.2) is 330 Å². The van der Waals surface area contributed by atoms with Gasteiger partial charge in [0.1, 0.15) is 0 Å². The van der Waals surface area contributed by atoms with Gasteiger partial charge in [0.05, 0.1) is 5.41 Å². The van der Waals surface area contributed by atoms with Gasteiger partial charge in [-0.05, 0) is 210 Å². The Hall–Kier alpha value is -7.96. The van der Waals surface area contributed by atoms with Gasteiger partial charge in [0.25, 0.3) is 0 Å².